The fourth-order valence-corrected chi connectivity index (χ4v) is 4.70. The van der Waals surface area contributed by atoms with Crippen LogP contribution in [0.15, 0.2) is 53.9 Å². The number of benzene rings is 2. The number of hydrogen-bond acceptors (Lipinski definition) is 3. The van der Waals surface area contributed by atoms with Gasteiger partial charge in [-0.1, -0.05) is 42.0 Å². The highest BCUT2D eigenvalue weighted by atomic mass is 32.1. The van der Waals surface area contributed by atoms with Gasteiger partial charge in [0.05, 0.1) is 5.56 Å². The number of aryl methyl sites for hydroxylation is 2. The Hall–Kier alpha value is -2.92. The van der Waals surface area contributed by atoms with Gasteiger partial charge in [0.1, 0.15) is 5.00 Å². The van der Waals surface area contributed by atoms with E-state index in [0.29, 0.717) is 10.6 Å². The van der Waals surface area contributed by atoms with Gasteiger partial charge < -0.3 is 10.4 Å². The van der Waals surface area contributed by atoms with E-state index in [0.717, 1.165) is 24.0 Å². The van der Waals surface area contributed by atoms with E-state index >= 15 is 0 Å². The molecule has 136 valence electrons. The molecule has 0 saturated heterocycles. The van der Waals surface area contributed by atoms with Crippen molar-refractivity contribution in [3.05, 3.63) is 87.3 Å². The molecule has 0 aliphatic heterocycles. The van der Waals surface area contributed by atoms with Gasteiger partial charge in [-0.3, -0.25) is 4.79 Å². The predicted octanol–water partition coefficient (Wildman–Crippen LogP) is 5.09. The van der Waals surface area contributed by atoms with Gasteiger partial charge in [0, 0.05) is 11.5 Å². The van der Waals surface area contributed by atoms with Crippen molar-refractivity contribution in [3.8, 4) is 0 Å². The number of carboxylic acids is 1. The second-order valence-corrected chi connectivity index (χ2v) is 7.69. The molecule has 3 aromatic rings. The van der Waals surface area contributed by atoms with Gasteiger partial charge >= 0.3 is 5.97 Å². The normalized spacial score (nSPS) is 15.4. The number of carbonyl (C=O) groups excluding carboxylic acids is 1. The minimum atomic E-state index is -1.00. The molecule has 0 spiro atoms. The van der Waals surface area contributed by atoms with Gasteiger partial charge in [-0.05, 0) is 54.0 Å². The predicted molar refractivity (Wildman–Crippen MR) is 107 cm³/mol. The molecule has 27 heavy (non-hydrogen) atoms. The summed E-state index contributed by atoms with van der Waals surface area (Å²) in [5, 5.41) is 14.9. The summed E-state index contributed by atoms with van der Waals surface area (Å²) >= 11 is 1.28. The number of carboxylic acid groups (broad SMARTS) is 1. The zero-order chi connectivity index (χ0) is 19.0. The lowest BCUT2D eigenvalue weighted by molar-refractivity contribution is 0.0697. The van der Waals surface area contributed by atoms with Crippen molar-refractivity contribution in [1.82, 2.24) is 0 Å². The van der Waals surface area contributed by atoms with Gasteiger partial charge in [-0.25, -0.2) is 4.79 Å². The van der Waals surface area contributed by atoms with Crippen LogP contribution in [0, 0.1) is 6.92 Å². The Labute approximate surface area is 161 Å². The second kappa shape index (κ2) is 7.00. The molecule has 0 radical (unpaired) electrons. The molecule has 4 rings (SSSR count). The number of hydrogen-bond donors (Lipinski definition) is 2. The zero-order valence-corrected chi connectivity index (χ0v) is 15.7. The molecule has 2 N–H and O–H groups in total. The lowest BCUT2D eigenvalue weighted by Gasteiger charge is -2.12. The van der Waals surface area contributed by atoms with E-state index in [9.17, 15) is 14.7 Å². The molecule has 1 aliphatic carbocycles. The van der Waals surface area contributed by atoms with E-state index in [1.54, 1.807) is 12.1 Å². The van der Waals surface area contributed by atoms with E-state index in [2.05, 4.69) is 17.4 Å². The Bertz CT molecular complexity index is 1020. The van der Waals surface area contributed by atoms with Crippen LogP contribution in [-0.4, -0.2) is 17.0 Å². The second-order valence-electron chi connectivity index (χ2n) is 6.81. The molecule has 5 heteroatoms. The summed E-state index contributed by atoms with van der Waals surface area (Å²) in [7, 11) is 0. The molecule has 0 fully saturated rings. The van der Waals surface area contributed by atoms with Crippen molar-refractivity contribution >= 4 is 28.2 Å². The minimum absolute atomic E-state index is 0.0635. The molecule has 1 aliphatic rings. The van der Waals surface area contributed by atoms with Crippen molar-refractivity contribution in [2.24, 2.45) is 0 Å². The van der Waals surface area contributed by atoms with Crippen molar-refractivity contribution < 1.29 is 14.7 Å². The summed E-state index contributed by atoms with van der Waals surface area (Å²) in [6, 6.07) is 15.4. The van der Waals surface area contributed by atoms with Crippen LogP contribution in [0.5, 0.6) is 0 Å². The molecule has 1 unspecified atom stereocenters. The molecular formula is C22H19NO3S. The number of amides is 1. The molecule has 0 saturated carbocycles. The monoisotopic (exact) mass is 377 g/mol. The number of rotatable bonds is 4. The average molecular weight is 377 g/mol. The number of anilines is 1. The summed E-state index contributed by atoms with van der Waals surface area (Å²) in [6.45, 7) is 1.95. The van der Waals surface area contributed by atoms with Crippen LogP contribution < -0.4 is 5.32 Å². The highest BCUT2D eigenvalue weighted by molar-refractivity contribution is 7.15. The van der Waals surface area contributed by atoms with Crippen molar-refractivity contribution in [2.75, 3.05) is 5.32 Å². The lowest BCUT2D eigenvalue weighted by atomic mass is 9.92. The van der Waals surface area contributed by atoms with E-state index < -0.39 is 5.97 Å². The highest BCUT2D eigenvalue weighted by Gasteiger charge is 2.30. The van der Waals surface area contributed by atoms with Crippen LogP contribution in [0.1, 0.15) is 55.3 Å². The summed E-state index contributed by atoms with van der Waals surface area (Å²) < 4.78 is 0. The molecule has 1 atom stereocenters. The largest absolute Gasteiger partial charge is 0.478 e. The van der Waals surface area contributed by atoms with Crippen LogP contribution in [0.25, 0.3) is 0 Å². The Morgan fingerprint density at radius 1 is 1.07 bits per heavy atom. The fraction of sp³-hybridized carbons (Fsp3) is 0.182. The average Bonchev–Trinajstić information content (AvgIpc) is 3.26. The molecular weight excluding hydrogens is 358 g/mol. The number of carbonyl (C=O) groups is 2. The van der Waals surface area contributed by atoms with Crippen LogP contribution in [0.4, 0.5) is 5.00 Å². The van der Waals surface area contributed by atoms with Crippen LogP contribution in [0.3, 0.4) is 0 Å². The van der Waals surface area contributed by atoms with Crippen molar-refractivity contribution in [1.29, 1.82) is 0 Å². The van der Waals surface area contributed by atoms with Gasteiger partial charge in [0.25, 0.3) is 5.91 Å². The Morgan fingerprint density at radius 2 is 1.81 bits per heavy atom. The third-order valence-corrected chi connectivity index (χ3v) is 6.00. The standard InChI is InChI=1S/C22H19NO3S/c1-13-6-8-15(9-7-13)20(24)23-21-19(22(25)26)18(12-27-21)17-11-10-14-4-2-3-5-16(14)17/h2-9,12,17H,10-11H2,1H3,(H,23,24)(H,25,26). The Kier molecular flexibility index (Phi) is 4.54. The zero-order valence-electron chi connectivity index (χ0n) is 14.9. The molecule has 1 aromatic heterocycles. The first-order valence-electron chi connectivity index (χ1n) is 8.85. The maximum Gasteiger partial charge on any atom is 0.339 e. The molecule has 0 bridgehead atoms. The third-order valence-electron chi connectivity index (χ3n) is 5.08. The molecule has 2 aromatic carbocycles. The first-order chi connectivity index (χ1) is 13.0. The highest BCUT2D eigenvalue weighted by Crippen LogP contribution is 2.43. The fourth-order valence-electron chi connectivity index (χ4n) is 3.70. The summed E-state index contributed by atoms with van der Waals surface area (Å²) in [6.07, 6.45) is 1.84. The Morgan fingerprint density at radius 3 is 2.56 bits per heavy atom. The summed E-state index contributed by atoms with van der Waals surface area (Å²) in [5.41, 5.74) is 5.04. The maximum atomic E-state index is 12.5. The lowest BCUT2D eigenvalue weighted by Crippen LogP contribution is -2.14. The Balaban J connectivity index is 1.67. The maximum absolute atomic E-state index is 12.5. The molecule has 1 amide bonds. The van der Waals surface area contributed by atoms with Gasteiger partial charge in [0.15, 0.2) is 0 Å². The SMILES string of the molecule is Cc1ccc(C(=O)Nc2scc(C3CCc4ccccc43)c2C(=O)O)cc1. The van der Waals surface area contributed by atoms with Crippen LogP contribution >= 0.6 is 11.3 Å². The smallest absolute Gasteiger partial charge is 0.339 e. The minimum Gasteiger partial charge on any atom is -0.478 e. The number of nitrogens with one attached hydrogen (secondary N) is 1. The van der Waals surface area contributed by atoms with Crippen molar-refractivity contribution in [2.45, 2.75) is 25.7 Å². The van der Waals surface area contributed by atoms with E-state index in [-0.39, 0.29) is 17.4 Å². The van der Waals surface area contributed by atoms with E-state index in [1.165, 1.54) is 22.5 Å². The summed E-state index contributed by atoms with van der Waals surface area (Å²) in [5.74, 6) is -1.24. The van der Waals surface area contributed by atoms with Gasteiger partial charge in [-0.2, -0.15) is 0 Å². The molecule has 1 heterocycles. The van der Waals surface area contributed by atoms with Gasteiger partial charge in [0.2, 0.25) is 0 Å². The molecule has 4 nitrogen and oxygen atoms in total. The third kappa shape index (κ3) is 3.26. The van der Waals surface area contributed by atoms with Crippen LogP contribution in [-0.2, 0) is 6.42 Å². The first-order valence-corrected chi connectivity index (χ1v) is 9.73. The number of thiophene rings is 1. The van der Waals surface area contributed by atoms with E-state index in [1.807, 2.05) is 36.6 Å². The van der Waals surface area contributed by atoms with Crippen molar-refractivity contribution in [3.63, 3.8) is 0 Å². The van der Waals surface area contributed by atoms with Crippen LogP contribution in [0.2, 0.25) is 0 Å². The topological polar surface area (TPSA) is 66.4 Å². The van der Waals surface area contributed by atoms with Gasteiger partial charge in [-0.15, -0.1) is 11.3 Å². The first kappa shape index (κ1) is 17.5. The van der Waals surface area contributed by atoms with E-state index in [4.69, 9.17) is 0 Å². The number of aromatic carboxylic acids is 1. The number of fused-ring (bicyclic) bond motifs is 1. The quantitative estimate of drug-likeness (QED) is 0.666. The summed E-state index contributed by atoms with van der Waals surface area (Å²) in [4.78, 5) is 24.5.